The van der Waals surface area contributed by atoms with Crippen LogP contribution in [0.5, 0.6) is 0 Å². The Labute approximate surface area is 150 Å². The van der Waals surface area contributed by atoms with Gasteiger partial charge in [-0.1, -0.05) is 0 Å². The average molecular weight is 361 g/mol. The minimum atomic E-state index is -0.241. The Kier molecular flexibility index (Phi) is 5.57. The fraction of sp³-hybridized carbons (Fsp3) is 0.471. The van der Waals surface area contributed by atoms with Crippen LogP contribution in [0.1, 0.15) is 17.3 Å². The van der Waals surface area contributed by atoms with Crippen molar-refractivity contribution in [3.63, 3.8) is 0 Å². The monoisotopic (exact) mass is 361 g/mol. The zero-order valence-corrected chi connectivity index (χ0v) is 14.7. The Hall–Kier alpha value is -2.81. The van der Waals surface area contributed by atoms with Gasteiger partial charge in [0.05, 0.1) is 24.2 Å². The van der Waals surface area contributed by atoms with E-state index in [9.17, 15) is 14.4 Å². The van der Waals surface area contributed by atoms with Crippen LogP contribution in [0.2, 0.25) is 0 Å². The summed E-state index contributed by atoms with van der Waals surface area (Å²) in [7, 11) is 0. The van der Waals surface area contributed by atoms with E-state index in [1.54, 1.807) is 27.7 Å². The van der Waals surface area contributed by atoms with E-state index in [-0.39, 0.29) is 17.6 Å². The van der Waals surface area contributed by atoms with E-state index in [2.05, 4.69) is 15.6 Å². The summed E-state index contributed by atoms with van der Waals surface area (Å²) in [6, 6.07) is 4.99. The normalized spacial score (nSPS) is 14.0. The first-order valence-corrected chi connectivity index (χ1v) is 8.71. The van der Waals surface area contributed by atoms with Crippen LogP contribution < -0.4 is 16.3 Å². The number of carbonyl (C=O) groups is 2. The minimum absolute atomic E-state index is 0.105. The molecule has 1 aromatic carbocycles. The van der Waals surface area contributed by atoms with Gasteiger partial charge in [-0.25, -0.2) is 9.59 Å². The third kappa shape index (κ3) is 3.88. The van der Waals surface area contributed by atoms with Crippen molar-refractivity contribution in [2.75, 3.05) is 39.4 Å². The molecule has 26 heavy (non-hydrogen) atoms. The van der Waals surface area contributed by atoms with Crippen LogP contribution in [0.3, 0.4) is 0 Å². The summed E-state index contributed by atoms with van der Waals surface area (Å²) >= 11 is 0. The largest absolute Gasteiger partial charge is 0.380 e. The van der Waals surface area contributed by atoms with Crippen molar-refractivity contribution in [1.82, 2.24) is 25.1 Å². The molecule has 1 aliphatic heterocycles. The topological polar surface area (TPSA) is 108 Å². The number of rotatable bonds is 8. The summed E-state index contributed by atoms with van der Waals surface area (Å²) in [5, 5.41) is 5.51. The molecule has 0 spiro atoms. The average Bonchev–Trinajstić information content (AvgIpc) is 3.17. The molecule has 3 N–H and O–H groups in total. The molecule has 0 aliphatic carbocycles. The van der Waals surface area contributed by atoms with E-state index in [0.29, 0.717) is 57.0 Å². The Morgan fingerprint density at radius 2 is 2.15 bits per heavy atom. The second kappa shape index (κ2) is 8.05. The minimum Gasteiger partial charge on any atom is -0.380 e. The number of benzene rings is 1. The molecule has 2 heterocycles. The lowest BCUT2D eigenvalue weighted by molar-refractivity contribution is 0.0950. The van der Waals surface area contributed by atoms with Gasteiger partial charge in [0.1, 0.15) is 0 Å². The molecular weight excluding hydrogens is 338 g/mol. The van der Waals surface area contributed by atoms with Gasteiger partial charge in [-0.2, -0.15) is 0 Å². The molecule has 0 unspecified atom stereocenters. The molecule has 1 saturated heterocycles. The molecule has 140 valence electrons. The lowest BCUT2D eigenvalue weighted by atomic mass is 10.2. The van der Waals surface area contributed by atoms with Crippen molar-refractivity contribution in [3.05, 3.63) is 34.2 Å². The summed E-state index contributed by atoms with van der Waals surface area (Å²) in [5.74, 6) is -0.241. The smallest absolute Gasteiger partial charge is 0.326 e. The zero-order chi connectivity index (χ0) is 18.5. The van der Waals surface area contributed by atoms with E-state index in [1.807, 2.05) is 6.92 Å². The van der Waals surface area contributed by atoms with E-state index in [4.69, 9.17) is 4.74 Å². The molecule has 1 aliphatic rings. The summed E-state index contributed by atoms with van der Waals surface area (Å²) < 4.78 is 6.89. The Bertz CT molecular complexity index is 856. The van der Waals surface area contributed by atoms with Gasteiger partial charge in [-0.3, -0.25) is 9.36 Å². The van der Waals surface area contributed by atoms with E-state index < -0.39 is 0 Å². The number of nitrogens with one attached hydrogen (secondary N) is 3. The number of aromatic nitrogens is 2. The zero-order valence-electron chi connectivity index (χ0n) is 14.7. The number of hydrogen-bond donors (Lipinski definition) is 3. The highest BCUT2D eigenvalue weighted by Gasteiger charge is 2.19. The molecule has 1 fully saturated rings. The number of aromatic amines is 1. The number of hydrogen-bond acceptors (Lipinski definition) is 4. The van der Waals surface area contributed by atoms with Crippen molar-refractivity contribution >= 4 is 23.0 Å². The SMILES string of the molecule is CCOCCn1c(=O)[nH]c2cc(C(=O)NCCN3CCNC3=O)ccc21. The number of fused-ring (bicyclic) bond motifs is 1. The first kappa shape index (κ1) is 18.0. The third-order valence-corrected chi connectivity index (χ3v) is 4.31. The van der Waals surface area contributed by atoms with Crippen molar-refractivity contribution in [3.8, 4) is 0 Å². The molecule has 2 aromatic rings. The van der Waals surface area contributed by atoms with Crippen molar-refractivity contribution in [1.29, 1.82) is 0 Å². The van der Waals surface area contributed by atoms with Crippen LogP contribution >= 0.6 is 0 Å². The van der Waals surface area contributed by atoms with E-state index >= 15 is 0 Å². The van der Waals surface area contributed by atoms with Crippen molar-refractivity contribution in [2.45, 2.75) is 13.5 Å². The molecule has 0 atom stereocenters. The van der Waals surface area contributed by atoms with Crippen molar-refractivity contribution < 1.29 is 14.3 Å². The maximum atomic E-state index is 12.3. The lowest BCUT2D eigenvalue weighted by Crippen LogP contribution is -2.36. The van der Waals surface area contributed by atoms with Gasteiger partial charge in [0.25, 0.3) is 5.91 Å². The molecule has 0 radical (unpaired) electrons. The van der Waals surface area contributed by atoms with Crippen LogP contribution in [-0.4, -0.2) is 65.8 Å². The van der Waals surface area contributed by atoms with Gasteiger partial charge in [0.2, 0.25) is 0 Å². The summed E-state index contributed by atoms with van der Waals surface area (Å²) in [6.07, 6.45) is 0. The predicted molar refractivity (Wildman–Crippen MR) is 96.4 cm³/mol. The highest BCUT2D eigenvalue weighted by Crippen LogP contribution is 2.13. The third-order valence-electron chi connectivity index (χ3n) is 4.31. The number of carbonyl (C=O) groups excluding carboxylic acids is 2. The highest BCUT2D eigenvalue weighted by molar-refractivity contribution is 5.97. The second-order valence-electron chi connectivity index (χ2n) is 5.99. The van der Waals surface area contributed by atoms with E-state index in [1.165, 1.54) is 0 Å². The number of amides is 3. The number of urea groups is 1. The first-order valence-electron chi connectivity index (χ1n) is 8.71. The Balaban J connectivity index is 1.63. The molecule has 3 rings (SSSR count). The molecule has 0 saturated carbocycles. The van der Waals surface area contributed by atoms with Gasteiger partial charge in [-0.05, 0) is 25.1 Å². The van der Waals surface area contributed by atoms with Gasteiger partial charge >= 0.3 is 11.7 Å². The predicted octanol–water partition coefficient (Wildman–Crippen LogP) is 0.121. The van der Waals surface area contributed by atoms with Crippen LogP contribution in [0.4, 0.5) is 4.79 Å². The molecule has 1 aromatic heterocycles. The van der Waals surface area contributed by atoms with Crippen molar-refractivity contribution in [2.24, 2.45) is 0 Å². The summed E-state index contributed by atoms with van der Waals surface area (Å²) in [4.78, 5) is 40.2. The second-order valence-corrected chi connectivity index (χ2v) is 5.99. The maximum absolute atomic E-state index is 12.3. The van der Waals surface area contributed by atoms with Gasteiger partial charge in [0, 0.05) is 38.3 Å². The number of ether oxygens (including phenoxy) is 1. The molecule has 9 heteroatoms. The van der Waals surface area contributed by atoms with Gasteiger partial charge in [0.15, 0.2) is 0 Å². The quantitative estimate of drug-likeness (QED) is 0.580. The molecular formula is C17H23N5O4. The van der Waals surface area contributed by atoms with Gasteiger partial charge in [-0.15, -0.1) is 0 Å². The molecule has 0 bridgehead atoms. The standard InChI is InChI=1S/C17H23N5O4/c1-2-26-10-9-22-14-4-3-12(11-13(14)20-17(22)25)15(23)18-5-7-21-8-6-19-16(21)24/h3-4,11H,2,5-10H2,1H3,(H,18,23)(H,19,24)(H,20,25). The van der Waals surface area contributed by atoms with E-state index in [0.717, 1.165) is 5.52 Å². The van der Waals surface area contributed by atoms with Crippen LogP contribution in [-0.2, 0) is 11.3 Å². The number of nitrogens with zero attached hydrogens (tertiary/aromatic N) is 2. The lowest BCUT2D eigenvalue weighted by Gasteiger charge is -2.14. The van der Waals surface area contributed by atoms with Crippen LogP contribution in [0.15, 0.2) is 23.0 Å². The summed E-state index contributed by atoms with van der Waals surface area (Å²) in [6.45, 7) is 5.53. The van der Waals surface area contributed by atoms with Gasteiger partial charge < -0.3 is 25.3 Å². The summed E-state index contributed by atoms with van der Waals surface area (Å²) in [5.41, 5.74) is 1.58. The highest BCUT2D eigenvalue weighted by atomic mass is 16.5. The Morgan fingerprint density at radius 3 is 2.88 bits per heavy atom. The molecule has 3 amide bonds. The first-order chi connectivity index (χ1) is 12.6. The fourth-order valence-corrected chi connectivity index (χ4v) is 2.96. The maximum Gasteiger partial charge on any atom is 0.326 e. The number of H-pyrrole nitrogens is 1. The van der Waals surface area contributed by atoms with Crippen LogP contribution in [0, 0.1) is 0 Å². The Morgan fingerprint density at radius 1 is 1.31 bits per heavy atom. The molecule has 9 nitrogen and oxygen atoms in total. The fourth-order valence-electron chi connectivity index (χ4n) is 2.96. The van der Waals surface area contributed by atoms with Crippen LogP contribution in [0.25, 0.3) is 11.0 Å². The number of imidazole rings is 1.